The summed E-state index contributed by atoms with van der Waals surface area (Å²) in [6, 6.07) is 6.38. The first-order chi connectivity index (χ1) is 9.22. The molecule has 0 saturated carbocycles. The molecular formula is C14H19BrN2O2. The molecule has 2 heterocycles. The van der Waals surface area contributed by atoms with E-state index in [0.717, 1.165) is 49.2 Å². The number of nitrogens with two attached hydrogens (primary N) is 1. The van der Waals surface area contributed by atoms with Gasteiger partial charge in [0.15, 0.2) is 5.79 Å². The molecule has 5 heteroatoms. The smallest absolute Gasteiger partial charge is 0.171 e. The number of halogens is 1. The van der Waals surface area contributed by atoms with Gasteiger partial charge in [0.1, 0.15) is 0 Å². The van der Waals surface area contributed by atoms with E-state index in [2.05, 4.69) is 39.0 Å². The number of ether oxygens (including phenoxy) is 2. The number of hydrogen-bond acceptors (Lipinski definition) is 4. The number of nitrogens with zero attached hydrogens (tertiary/aromatic N) is 1. The van der Waals surface area contributed by atoms with Crippen LogP contribution in [0.15, 0.2) is 22.7 Å². The second-order valence-electron chi connectivity index (χ2n) is 5.07. The van der Waals surface area contributed by atoms with Crippen LogP contribution < -0.4 is 10.6 Å². The molecule has 0 bridgehead atoms. The molecule has 2 aliphatic rings. The Bertz CT molecular complexity index is 451. The molecule has 0 radical (unpaired) electrons. The van der Waals surface area contributed by atoms with Crippen LogP contribution in [0.5, 0.6) is 0 Å². The van der Waals surface area contributed by atoms with E-state index in [0.29, 0.717) is 6.54 Å². The van der Waals surface area contributed by atoms with Gasteiger partial charge >= 0.3 is 0 Å². The Labute approximate surface area is 122 Å². The summed E-state index contributed by atoms with van der Waals surface area (Å²) in [7, 11) is 0. The summed E-state index contributed by atoms with van der Waals surface area (Å²) in [5.41, 5.74) is 8.05. The standard InChI is InChI=1S/C14H19BrN2O2/c15-13-9-12(2-1-11(13)10-16)17-5-3-14(4-6-17)18-7-8-19-14/h1-2,9H,3-8,10,16H2. The first-order valence-electron chi connectivity index (χ1n) is 6.74. The van der Waals surface area contributed by atoms with E-state index in [1.54, 1.807) is 0 Å². The number of piperidine rings is 1. The molecule has 1 spiro atoms. The van der Waals surface area contributed by atoms with E-state index in [9.17, 15) is 0 Å². The summed E-state index contributed by atoms with van der Waals surface area (Å²) in [4.78, 5) is 2.38. The molecule has 104 valence electrons. The predicted molar refractivity (Wildman–Crippen MR) is 78.1 cm³/mol. The Hall–Kier alpha value is -0.620. The molecule has 4 nitrogen and oxygen atoms in total. The Morgan fingerprint density at radius 2 is 1.89 bits per heavy atom. The lowest BCUT2D eigenvalue weighted by Crippen LogP contribution is -2.45. The predicted octanol–water partition coefficient (Wildman–Crippen LogP) is 2.25. The summed E-state index contributed by atoms with van der Waals surface area (Å²) in [5, 5.41) is 0. The van der Waals surface area contributed by atoms with Gasteiger partial charge < -0.3 is 20.1 Å². The van der Waals surface area contributed by atoms with Crippen molar-refractivity contribution in [1.82, 2.24) is 0 Å². The molecule has 1 aromatic carbocycles. The minimum atomic E-state index is -0.301. The van der Waals surface area contributed by atoms with Crippen molar-refractivity contribution in [1.29, 1.82) is 0 Å². The van der Waals surface area contributed by atoms with Gasteiger partial charge in [-0.3, -0.25) is 0 Å². The highest BCUT2D eigenvalue weighted by Gasteiger charge is 2.39. The highest BCUT2D eigenvalue weighted by molar-refractivity contribution is 9.10. The summed E-state index contributed by atoms with van der Waals surface area (Å²) in [5.74, 6) is -0.301. The monoisotopic (exact) mass is 326 g/mol. The van der Waals surface area contributed by atoms with E-state index in [1.807, 2.05) is 0 Å². The van der Waals surface area contributed by atoms with Gasteiger partial charge in [0, 0.05) is 42.6 Å². The normalized spacial score (nSPS) is 22.1. The second kappa shape index (κ2) is 5.40. The minimum absolute atomic E-state index is 0.301. The molecule has 0 aliphatic carbocycles. The number of hydrogen-bond donors (Lipinski definition) is 1. The van der Waals surface area contributed by atoms with Gasteiger partial charge in [-0.25, -0.2) is 0 Å². The highest BCUT2D eigenvalue weighted by atomic mass is 79.9. The molecule has 0 unspecified atom stereocenters. The summed E-state index contributed by atoms with van der Waals surface area (Å²) in [6.07, 6.45) is 1.87. The maximum Gasteiger partial charge on any atom is 0.171 e. The van der Waals surface area contributed by atoms with E-state index >= 15 is 0 Å². The molecule has 0 atom stereocenters. The molecule has 19 heavy (non-hydrogen) atoms. The average molecular weight is 327 g/mol. The van der Waals surface area contributed by atoms with Crippen molar-refractivity contribution < 1.29 is 9.47 Å². The molecule has 2 fully saturated rings. The molecule has 2 saturated heterocycles. The van der Waals surface area contributed by atoms with E-state index in [4.69, 9.17) is 15.2 Å². The van der Waals surface area contributed by atoms with Crippen molar-refractivity contribution in [2.24, 2.45) is 5.73 Å². The van der Waals surface area contributed by atoms with Gasteiger partial charge in [-0.2, -0.15) is 0 Å². The lowest BCUT2D eigenvalue weighted by molar-refractivity contribution is -0.169. The third kappa shape index (κ3) is 2.65. The fraction of sp³-hybridized carbons (Fsp3) is 0.571. The zero-order valence-corrected chi connectivity index (χ0v) is 12.5. The van der Waals surface area contributed by atoms with Gasteiger partial charge in [-0.1, -0.05) is 22.0 Å². The third-order valence-electron chi connectivity index (χ3n) is 3.96. The molecule has 3 rings (SSSR count). The molecule has 0 amide bonds. The Morgan fingerprint density at radius 1 is 1.21 bits per heavy atom. The van der Waals surface area contributed by atoms with Gasteiger partial charge in [-0.15, -0.1) is 0 Å². The van der Waals surface area contributed by atoms with Gasteiger partial charge in [0.05, 0.1) is 13.2 Å². The van der Waals surface area contributed by atoms with Gasteiger partial charge in [0.25, 0.3) is 0 Å². The van der Waals surface area contributed by atoms with Crippen LogP contribution in [0.3, 0.4) is 0 Å². The van der Waals surface area contributed by atoms with Crippen molar-refractivity contribution in [2.75, 3.05) is 31.2 Å². The SMILES string of the molecule is NCc1ccc(N2CCC3(CC2)OCCO3)cc1Br. The molecule has 1 aromatic rings. The largest absolute Gasteiger partial charge is 0.371 e. The molecule has 0 aromatic heterocycles. The average Bonchev–Trinajstić information content (AvgIpc) is 2.88. The minimum Gasteiger partial charge on any atom is -0.371 e. The van der Waals surface area contributed by atoms with Crippen LogP contribution in [0.25, 0.3) is 0 Å². The van der Waals surface area contributed by atoms with Crippen LogP contribution in [0, 0.1) is 0 Å². The van der Waals surface area contributed by atoms with Crippen LogP contribution in [0.1, 0.15) is 18.4 Å². The second-order valence-corrected chi connectivity index (χ2v) is 5.93. The van der Waals surface area contributed by atoms with Crippen LogP contribution in [-0.4, -0.2) is 32.1 Å². The lowest BCUT2D eigenvalue weighted by atomic mass is 10.0. The molecule has 2 N–H and O–H groups in total. The number of rotatable bonds is 2. The molecule has 2 aliphatic heterocycles. The number of anilines is 1. The van der Waals surface area contributed by atoms with Crippen molar-refractivity contribution >= 4 is 21.6 Å². The quantitative estimate of drug-likeness (QED) is 0.905. The van der Waals surface area contributed by atoms with Crippen molar-refractivity contribution in [3.8, 4) is 0 Å². The number of benzene rings is 1. The van der Waals surface area contributed by atoms with Crippen molar-refractivity contribution in [2.45, 2.75) is 25.2 Å². The third-order valence-corrected chi connectivity index (χ3v) is 4.70. The van der Waals surface area contributed by atoms with Crippen LogP contribution in [-0.2, 0) is 16.0 Å². The highest BCUT2D eigenvalue weighted by Crippen LogP contribution is 2.34. The maximum absolute atomic E-state index is 5.75. The maximum atomic E-state index is 5.75. The fourth-order valence-corrected chi connectivity index (χ4v) is 3.32. The van der Waals surface area contributed by atoms with E-state index < -0.39 is 0 Å². The zero-order valence-electron chi connectivity index (χ0n) is 10.9. The summed E-state index contributed by atoms with van der Waals surface area (Å²) < 4.78 is 12.6. The van der Waals surface area contributed by atoms with Crippen LogP contribution in [0.4, 0.5) is 5.69 Å². The van der Waals surface area contributed by atoms with E-state index in [1.165, 1.54) is 5.69 Å². The fourth-order valence-electron chi connectivity index (χ4n) is 2.79. The van der Waals surface area contributed by atoms with Crippen LogP contribution >= 0.6 is 15.9 Å². The Balaban J connectivity index is 1.69. The zero-order chi connectivity index (χ0) is 13.3. The Morgan fingerprint density at radius 3 is 2.47 bits per heavy atom. The molecular weight excluding hydrogens is 308 g/mol. The van der Waals surface area contributed by atoms with Gasteiger partial charge in [-0.05, 0) is 17.7 Å². The first-order valence-corrected chi connectivity index (χ1v) is 7.53. The lowest BCUT2D eigenvalue weighted by Gasteiger charge is -2.38. The summed E-state index contributed by atoms with van der Waals surface area (Å²) >= 11 is 3.58. The van der Waals surface area contributed by atoms with Crippen molar-refractivity contribution in [3.05, 3.63) is 28.2 Å². The van der Waals surface area contributed by atoms with Crippen LogP contribution in [0.2, 0.25) is 0 Å². The first kappa shape index (κ1) is 13.4. The summed E-state index contributed by atoms with van der Waals surface area (Å²) in [6.45, 7) is 3.96. The topological polar surface area (TPSA) is 47.7 Å². The Kier molecular flexibility index (Phi) is 3.80. The van der Waals surface area contributed by atoms with Crippen molar-refractivity contribution in [3.63, 3.8) is 0 Å². The van der Waals surface area contributed by atoms with E-state index in [-0.39, 0.29) is 5.79 Å². The van der Waals surface area contributed by atoms with Gasteiger partial charge in [0.2, 0.25) is 0 Å².